The standard InChI is InChI=1S/C53H39N3O/c54-47-20-10-7-17-40(47)39-28-30-44-42(32-39)41-31-38(27-29-43(41)53(44)45-18-8-11-21-50(45)57-51-22-12-9-19-46(51)53)34-23-25-36(26-24-34)49-33-48(35-13-3-1-4-14-35)55-52(56-49)37-15-5-2-6-16-37/h1-5,7-15,17-25,27-33,36H,6,16,26,54H2. The van der Waals surface area contributed by atoms with Crippen molar-refractivity contribution in [1.29, 1.82) is 0 Å². The van der Waals surface area contributed by atoms with Crippen LogP contribution in [0.3, 0.4) is 0 Å². The molecule has 272 valence electrons. The van der Waals surface area contributed by atoms with Gasteiger partial charge in [0.25, 0.3) is 0 Å². The van der Waals surface area contributed by atoms with Gasteiger partial charge in [-0.2, -0.15) is 0 Å². The van der Waals surface area contributed by atoms with E-state index in [1.807, 2.05) is 18.2 Å². The minimum absolute atomic E-state index is 0.144. The summed E-state index contributed by atoms with van der Waals surface area (Å²) in [7, 11) is 0. The lowest BCUT2D eigenvalue weighted by atomic mass is 9.66. The summed E-state index contributed by atoms with van der Waals surface area (Å²) in [6, 6.07) is 51.8. The highest BCUT2D eigenvalue weighted by molar-refractivity contribution is 5.93. The summed E-state index contributed by atoms with van der Waals surface area (Å²) in [5.74, 6) is 2.75. The van der Waals surface area contributed by atoms with Crippen LogP contribution in [-0.4, -0.2) is 9.97 Å². The number of hydrogen-bond donors (Lipinski definition) is 1. The number of ether oxygens (including phenoxy) is 1. The van der Waals surface area contributed by atoms with Crippen molar-refractivity contribution in [3.63, 3.8) is 0 Å². The molecule has 0 saturated carbocycles. The summed E-state index contributed by atoms with van der Waals surface area (Å²) in [5, 5.41) is 0. The van der Waals surface area contributed by atoms with Crippen molar-refractivity contribution in [2.24, 2.45) is 0 Å². The first-order valence-corrected chi connectivity index (χ1v) is 19.9. The van der Waals surface area contributed by atoms with Gasteiger partial charge in [0, 0.05) is 33.9 Å². The SMILES string of the molecule is Nc1ccccc1-c1ccc2c(c1)-c1cc(C3=CCC(c4cc(-c5ccccc5)nc(C5=CC=CCC5)n4)C=C3)ccc1C21c2ccccc2Oc2ccccc21. The van der Waals surface area contributed by atoms with Crippen LogP contribution in [0.15, 0.2) is 182 Å². The summed E-state index contributed by atoms with van der Waals surface area (Å²) in [5.41, 5.74) is 22.9. The fourth-order valence-electron chi connectivity index (χ4n) is 9.41. The smallest absolute Gasteiger partial charge is 0.156 e. The molecule has 1 spiro atoms. The van der Waals surface area contributed by atoms with E-state index in [0.29, 0.717) is 0 Å². The van der Waals surface area contributed by atoms with E-state index >= 15 is 0 Å². The van der Waals surface area contributed by atoms with Gasteiger partial charge >= 0.3 is 0 Å². The normalized spacial score (nSPS) is 16.8. The molecule has 11 rings (SSSR count). The van der Waals surface area contributed by atoms with Gasteiger partial charge in [-0.25, -0.2) is 9.97 Å². The zero-order valence-corrected chi connectivity index (χ0v) is 31.4. The number of anilines is 1. The Morgan fingerprint density at radius 3 is 2.00 bits per heavy atom. The maximum absolute atomic E-state index is 6.59. The lowest BCUT2D eigenvalue weighted by molar-refractivity contribution is 0.436. The van der Waals surface area contributed by atoms with Crippen molar-refractivity contribution in [3.8, 4) is 45.0 Å². The largest absolute Gasteiger partial charge is 0.457 e. The van der Waals surface area contributed by atoms with Crippen LogP contribution in [0.5, 0.6) is 11.5 Å². The second kappa shape index (κ2) is 13.3. The van der Waals surface area contributed by atoms with Crippen molar-refractivity contribution in [1.82, 2.24) is 9.97 Å². The number of fused-ring (bicyclic) bond motifs is 9. The second-order valence-electron chi connectivity index (χ2n) is 15.3. The van der Waals surface area contributed by atoms with Crippen molar-refractivity contribution >= 4 is 16.8 Å². The van der Waals surface area contributed by atoms with E-state index in [1.165, 1.54) is 39.0 Å². The number of benzene rings is 6. The average Bonchev–Trinajstić information content (AvgIpc) is 3.56. The number of hydrogen-bond acceptors (Lipinski definition) is 4. The van der Waals surface area contributed by atoms with Gasteiger partial charge in [-0.1, -0.05) is 146 Å². The topological polar surface area (TPSA) is 61.0 Å². The molecular formula is C53H39N3O. The maximum Gasteiger partial charge on any atom is 0.156 e. The molecule has 4 aliphatic rings. The Hall–Kier alpha value is -7.04. The van der Waals surface area contributed by atoms with Crippen LogP contribution in [0.25, 0.3) is 44.7 Å². The monoisotopic (exact) mass is 733 g/mol. The van der Waals surface area contributed by atoms with E-state index in [0.717, 1.165) is 81.5 Å². The Morgan fingerprint density at radius 1 is 0.614 bits per heavy atom. The van der Waals surface area contributed by atoms with Crippen molar-refractivity contribution in [2.75, 3.05) is 5.73 Å². The van der Waals surface area contributed by atoms with E-state index in [4.69, 9.17) is 20.4 Å². The van der Waals surface area contributed by atoms with Crippen molar-refractivity contribution < 1.29 is 4.74 Å². The molecule has 0 bridgehead atoms. The number of rotatable bonds is 5. The van der Waals surface area contributed by atoms with E-state index < -0.39 is 5.41 Å². The predicted octanol–water partition coefficient (Wildman–Crippen LogP) is 12.7. The van der Waals surface area contributed by atoms with Gasteiger partial charge in [-0.15, -0.1) is 0 Å². The third-order valence-corrected chi connectivity index (χ3v) is 12.1. The minimum Gasteiger partial charge on any atom is -0.457 e. The van der Waals surface area contributed by atoms with Crippen LogP contribution in [0, 0.1) is 0 Å². The van der Waals surface area contributed by atoms with Gasteiger partial charge in [-0.3, -0.25) is 0 Å². The number of allylic oxidation sites excluding steroid dienone is 8. The Labute approximate surface area is 333 Å². The number of para-hydroxylation sites is 3. The maximum atomic E-state index is 6.59. The molecule has 2 N–H and O–H groups in total. The quantitative estimate of drug-likeness (QED) is 0.179. The molecular weight excluding hydrogens is 695 g/mol. The van der Waals surface area contributed by atoms with Crippen LogP contribution < -0.4 is 10.5 Å². The van der Waals surface area contributed by atoms with Gasteiger partial charge in [0.2, 0.25) is 0 Å². The molecule has 0 radical (unpaired) electrons. The van der Waals surface area contributed by atoms with Crippen LogP contribution >= 0.6 is 0 Å². The fourth-order valence-corrected chi connectivity index (χ4v) is 9.41. The highest BCUT2D eigenvalue weighted by Gasteiger charge is 2.51. The second-order valence-corrected chi connectivity index (χ2v) is 15.3. The first-order chi connectivity index (χ1) is 28.1. The lowest BCUT2D eigenvalue weighted by Gasteiger charge is -2.39. The molecule has 4 heteroatoms. The Morgan fingerprint density at radius 2 is 1.30 bits per heavy atom. The zero-order valence-electron chi connectivity index (χ0n) is 31.4. The van der Waals surface area contributed by atoms with Crippen LogP contribution in [-0.2, 0) is 5.41 Å². The summed E-state index contributed by atoms with van der Waals surface area (Å²) >= 11 is 0. The van der Waals surface area contributed by atoms with Crippen LogP contribution in [0.4, 0.5) is 5.69 Å². The molecule has 7 aromatic rings. The van der Waals surface area contributed by atoms with Crippen molar-refractivity contribution in [3.05, 3.63) is 221 Å². The average molecular weight is 734 g/mol. The summed E-state index contributed by atoms with van der Waals surface area (Å²) in [6.45, 7) is 0. The molecule has 1 atom stereocenters. The van der Waals surface area contributed by atoms with E-state index in [2.05, 4.69) is 164 Å². The summed E-state index contributed by atoms with van der Waals surface area (Å²) in [4.78, 5) is 10.3. The van der Waals surface area contributed by atoms with Crippen LogP contribution in [0.1, 0.15) is 64.5 Å². The minimum atomic E-state index is -0.540. The highest BCUT2D eigenvalue weighted by Crippen LogP contribution is 2.62. The van der Waals surface area contributed by atoms with Crippen molar-refractivity contribution in [2.45, 2.75) is 30.6 Å². The number of aromatic nitrogens is 2. The molecule has 57 heavy (non-hydrogen) atoms. The molecule has 2 heterocycles. The summed E-state index contributed by atoms with van der Waals surface area (Å²) < 4.78 is 6.59. The van der Waals surface area contributed by atoms with Gasteiger partial charge in [0.05, 0.1) is 16.8 Å². The molecule has 0 fully saturated rings. The molecule has 0 amide bonds. The number of nitrogen functional groups attached to an aromatic ring is 1. The Balaban J connectivity index is 1.02. The molecule has 4 nitrogen and oxygen atoms in total. The van der Waals surface area contributed by atoms with Gasteiger partial charge in [-0.05, 0) is 100 Å². The molecule has 6 aromatic carbocycles. The molecule has 1 aromatic heterocycles. The lowest BCUT2D eigenvalue weighted by Crippen LogP contribution is -2.32. The third-order valence-electron chi connectivity index (χ3n) is 12.1. The van der Waals surface area contributed by atoms with Gasteiger partial charge in [0.15, 0.2) is 5.82 Å². The van der Waals surface area contributed by atoms with E-state index in [-0.39, 0.29) is 5.92 Å². The summed E-state index contributed by atoms with van der Waals surface area (Å²) in [6.07, 6.45) is 16.3. The number of nitrogens with zero attached hydrogens (tertiary/aromatic N) is 2. The Kier molecular flexibility index (Phi) is 7.78. The third kappa shape index (κ3) is 5.36. The van der Waals surface area contributed by atoms with Gasteiger partial charge < -0.3 is 10.5 Å². The van der Waals surface area contributed by atoms with E-state index in [9.17, 15) is 0 Å². The molecule has 0 saturated heterocycles. The van der Waals surface area contributed by atoms with E-state index in [1.54, 1.807) is 0 Å². The highest BCUT2D eigenvalue weighted by atomic mass is 16.5. The molecule has 3 aliphatic carbocycles. The number of nitrogens with two attached hydrogens (primary N) is 1. The molecule has 1 aliphatic heterocycles. The fraction of sp³-hybridized carbons (Fsp3) is 0.0943. The van der Waals surface area contributed by atoms with Gasteiger partial charge in [0.1, 0.15) is 11.5 Å². The van der Waals surface area contributed by atoms with Crippen LogP contribution in [0.2, 0.25) is 0 Å². The first-order valence-electron chi connectivity index (χ1n) is 19.9. The Bertz CT molecular complexity index is 2830. The molecule has 1 unspecified atom stereocenters. The predicted molar refractivity (Wildman–Crippen MR) is 232 cm³/mol. The first kappa shape index (κ1) is 33.3. The zero-order chi connectivity index (χ0) is 37.9.